The van der Waals surface area contributed by atoms with E-state index in [1.807, 2.05) is 35.7 Å². The summed E-state index contributed by atoms with van der Waals surface area (Å²) in [4.78, 5) is 13.7. The number of aromatic amines is 1. The van der Waals surface area contributed by atoms with Gasteiger partial charge in [-0.25, -0.2) is 9.97 Å². The van der Waals surface area contributed by atoms with Crippen molar-refractivity contribution in [2.45, 2.75) is 12.5 Å². The lowest BCUT2D eigenvalue weighted by molar-refractivity contribution is 0.698. The lowest BCUT2D eigenvalue weighted by Gasteiger charge is -2.14. The van der Waals surface area contributed by atoms with Gasteiger partial charge in [-0.05, 0) is 24.1 Å². The molecule has 5 aromatic rings. The molecule has 0 aliphatic heterocycles. The molecule has 0 aliphatic rings. The van der Waals surface area contributed by atoms with Crippen molar-refractivity contribution >= 4 is 27.4 Å². The van der Waals surface area contributed by atoms with Gasteiger partial charge in [0.25, 0.3) is 0 Å². The lowest BCUT2D eigenvalue weighted by Crippen LogP contribution is -2.31. The third-order valence-corrected chi connectivity index (χ3v) is 5.89. The minimum Gasteiger partial charge on any atom is -0.367 e. The highest BCUT2D eigenvalue weighted by Gasteiger charge is 2.17. The summed E-state index contributed by atoms with van der Waals surface area (Å²) in [5.74, 6) is 1.39. The van der Waals surface area contributed by atoms with E-state index in [1.54, 1.807) is 29.9 Å². The third-order valence-electron chi connectivity index (χ3n) is 4.92. The van der Waals surface area contributed by atoms with Crippen molar-refractivity contribution in [1.82, 2.24) is 30.4 Å². The Balaban J connectivity index is 1.49. The van der Waals surface area contributed by atoms with E-state index in [9.17, 15) is 0 Å². The van der Waals surface area contributed by atoms with E-state index >= 15 is 0 Å². The van der Waals surface area contributed by atoms with Gasteiger partial charge in [-0.15, -0.1) is 11.3 Å². The zero-order chi connectivity index (χ0) is 21.0. The molecule has 0 unspecified atom stereocenters. The summed E-state index contributed by atoms with van der Waals surface area (Å²) in [6.45, 7) is 0.591. The van der Waals surface area contributed by atoms with Crippen molar-refractivity contribution in [3.63, 3.8) is 0 Å². The average Bonchev–Trinajstić information content (AvgIpc) is 3.48. The summed E-state index contributed by atoms with van der Waals surface area (Å²) in [6.07, 6.45) is 5.95. The second kappa shape index (κ2) is 8.58. The highest BCUT2D eigenvalue weighted by molar-refractivity contribution is 7.18. The van der Waals surface area contributed by atoms with Gasteiger partial charge in [-0.1, -0.05) is 30.3 Å². The number of hydrogen-bond acceptors (Lipinski definition) is 8. The topological polar surface area (TPSA) is 118 Å². The SMILES string of the molecule is N[C@H](CNc1nc(-c2ccncc2)nc2c(-c3cn[nH]n3)csc12)Cc1ccccc1. The Hall–Kier alpha value is -3.69. The fourth-order valence-corrected chi connectivity index (χ4v) is 4.36. The molecule has 0 fully saturated rings. The van der Waals surface area contributed by atoms with Crippen LogP contribution >= 0.6 is 11.3 Å². The standard InChI is InChI=1S/C22H20N8S/c23-16(10-14-4-2-1-3-5-14)11-25-22-20-19(17(13-31-20)18-12-26-30-29-18)27-21(28-22)15-6-8-24-9-7-15/h1-9,12-13,16H,10-11,23H2,(H,25,27,28)(H,26,29,30)/t16-/m0/s1. The number of hydrogen-bond donors (Lipinski definition) is 3. The van der Waals surface area contributed by atoms with Gasteiger partial charge in [0.15, 0.2) is 5.82 Å². The summed E-state index contributed by atoms with van der Waals surface area (Å²) in [7, 11) is 0. The molecule has 31 heavy (non-hydrogen) atoms. The first-order valence-electron chi connectivity index (χ1n) is 9.87. The fraction of sp³-hybridized carbons (Fsp3) is 0.136. The maximum absolute atomic E-state index is 6.40. The number of pyridine rings is 1. The molecule has 4 heterocycles. The van der Waals surface area contributed by atoms with Gasteiger partial charge >= 0.3 is 0 Å². The zero-order valence-electron chi connectivity index (χ0n) is 16.6. The van der Waals surface area contributed by atoms with Gasteiger partial charge in [0.2, 0.25) is 0 Å². The van der Waals surface area contributed by atoms with Gasteiger partial charge in [-0.3, -0.25) is 4.98 Å². The van der Waals surface area contributed by atoms with Crippen LogP contribution in [0.2, 0.25) is 0 Å². The molecule has 5 rings (SSSR count). The summed E-state index contributed by atoms with van der Waals surface area (Å²) >= 11 is 1.58. The number of rotatable bonds is 7. The normalized spacial score (nSPS) is 12.2. The Kier molecular flexibility index (Phi) is 5.34. The molecule has 0 amide bonds. The predicted octanol–water partition coefficient (Wildman–Crippen LogP) is 3.52. The molecule has 0 bridgehead atoms. The highest BCUT2D eigenvalue weighted by atomic mass is 32.1. The maximum Gasteiger partial charge on any atom is 0.162 e. The number of anilines is 1. The quantitative estimate of drug-likeness (QED) is 0.363. The molecular weight excluding hydrogens is 408 g/mol. The van der Waals surface area contributed by atoms with Crippen molar-refractivity contribution in [2.24, 2.45) is 5.73 Å². The second-order valence-electron chi connectivity index (χ2n) is 7.14. The monoisotopic (exact) mass is 428 g/mol. The van der Waals surface area contributed by atoms with Crippen molar-refractivity contribution in [3.8, 4) is 22.6 Å². The maximum atomic E-state index is 6.40. The summed E-state index contributed by atoms with van der Waals surface area (Å²) in [5, 5.41) is 16.3. The van der Waals surface area contributed by atoms with E-state index in [0.717, 1.165) is 39.3 Å². The Morgan fingerprint density at radius 2 is 1.90 bits per heavy atom. The van der Waals surface area contributed by atoms with Gasteiger partial charge in [-0.2, -0.15) is 15.4 Å². The van der Waals surface area contributed by atoms with Crippen molar-refractivity contribution in [3.05, 3.63) is 72.0 Å². The van der Waals surface area contributed by atoms with Gasteiger partial charge in [0.05, 0.1) is 16.4 Å². The lowest BCUT2D eigenvalue weighted by atomic mass is 10.1. The van der Waals surface area contributed by atoms with Crippen molar-refractivity contribution in [2.75, 3.05) is 11.9 Å². The van der Waals surface area contributed by atoms with Crippen LogP contribution < -0.4 is 11.1 Å². The van der Waals surface area contributed by atoms with Crippen LogP contribution in [0.3, 0.4) is 0 Å². The van der Waals surface area contributed by atoms with E-state index in [4.69, 9.17) is 15.7 Å². The van der Waals surface area contributed by atoms with E-state index in [0.29, 0.717) is 12.4 Å². The molecule has 154 valence electrons. The predicted molar refractivity (Wildman–Crippen MR) is 123 cm³/mol. The van der Waals surface area contributed by atoms with Crippen LogP contribution in [0.5, 0.6) is 0 Å². The Morgan fingerprint density at radius 3 is 2.68 bits per heavy atom. The minimum absolute atomic E-state index is 0.0493. The Bertz CT molecular complexity index is 1270. The molecule has 1 atom stereocenters. The first-order valence-corrected chi connectivity index (χ1v) is 10.7. The molecule has 9 heteroatoms. The highest BCUT2D eigenvalue weighted by Crippen LogP contribution is 2.36. The Morgan fingerprint density at radius 1 is 1.06 bits per heavy atom. The van der Waals surface area contributed by atoms with Crippen LogP contribution in [0, 0.1) is 0 Å². The molecule has 0 aliphatic carbocycles. The third kappa shape index (κ3) is 4.14. The van der Waals surface area contributed by atoms with Crippen molar-refractivity contribution < 1.29 is 0 Å². The van der Waals surface area contributed by atoms with Crippen LogP contribution in [-0.2, 0) is 6.42 Å². The Labute approximate surface area is 182 Å². The molecule has 0 spiro atoms. The van der Waals surface area contributed by atoms with Crippen LogP contribution in [0.4, 0.5) is 5.82 Å². The fourth-order valence-electron chi connectivity index (χ4n) is 3.40. The molecule has 8 nitrogen and oxygen atoms in total. The molecule has 4 N–H and O–H groups in total. The number of aromatic nitrogens is 6. The van der Waals surface area contributed by atoms with Crippen LogP contribution in [0.1, 0.15) is 5.56 Å². The number of fused-ring (bicyclic) bond motifs is 1. The molecule has 0 radical (unpaired) electrons. The van der Waals surface area contributed by atoms with E-state index in [2.05, 4.69) is 37.8 Å². The van der Waals surface area contributed by atoms with E-state index in [-0.39, 0.29) is 6.04 Å². The van der Waals surface area contributed by atoms with Gasteiger partial charge in [0, 0.05) is 41.5 Å². The summed E-state index contributed by atoms with van der Waals surface area (Å²) < 4.78 is 0.961. The summed E-state index contributed by atoms with van der Waals surface area (Å²) in [6, 6.07) is 14.0. The molecule has 1 aromatic carbocycles. The molecule has 4 aromatic heterocycles. The number of nitrogens with zero attached hydrogens (tertiary/aromatic N) is 5. The molecular formula is C22H20N8S. The second-order valence-corrected chi connectivity index (χ2v) is 8.02. The van der Waals surface area contributed by atoms with Crippen LogP contribution in [-0.4, -0.2) is 42.9 Å². The first-order chi connectivity index (χ1) is 15.3. The number of H-pyrrole nitrogens is 1. The average molecular weight is 429 g/mol. The number of nitrogens with two attached hydrogens (primary N) is 1. The van der Waals surface area contributed by atoms with Crippen LogP contribution in [0.25, 0.3) is 32.9 Å². The summed E-state index contributed by atoms with van der Waals surface area (Å²) in [5.41, 5.74) is 11.0. The number of thiophene rings is 1. The van der Waals surface area contributed by atoms with E-state index < -0.39 is 0 Å². The number of nitrogens with one attached hydrogen (secondary N) is 2. The number of benzene rings is 1. The van der Waals surface area contributed by atoms with E-state index in [1.165, 1.54) is 5.56 Å². The zero-order valence-corrected chi connectivity index (χ0v) is 17.4. The minimum atomic E-state index is -0.0493. The van der Waals surface area contributed by atoms with Crippen LogP contribution in [0.15, 0.2) is 66.4 Å². The first kappa shape index (κ1) is 19.3. The molecule has 0 saturated heterocycles. The largest absolute Gasteiger partial charge is 0.367 e. The smallest absolute Gasteiger partial charge is 0.162 e. The van der Waals surface area contributed by atoms with Crippen molar-refractivity contribution in [1.29, 1.82) is 0 Å². The van der Waals surface area contributed by atoms with Gasteiger partial charge < -0.3 is 11.1 Å². The van der Waals surface area contributed by atoms with Gasteiger partial charge in [0.1, 0.15) is 11.5 Å². The molecule has 0 saturated carbocycles.